The fourth-order valence-corrected chi connectivity index (χ4v) is 2.76. The summed E-state index contributed by atoms with van der Waals surface area (Å²) in [4.78, 5) is 9.91. The van der Waals surface area contributed by atoms with Crippen molar-refractivity contribution >= 4 is 15.5 Å². The number of nitrogens with zero attached hydrogens (tertiary/aromatic N) is 1. The first-order valence-electron chi connectivity index (χ1n) is 5.00. The lowest BCUT2D eigenvalue weighted by Gasteiger charge is -2.16. The molecule has 1 aromatic carbocycles. The van der Waals surface area contributed by atoms with Gasteiger partial charge in [-0.2, -0.15) is 0 Å². The summed E-state index contributed by atoms with van der Waals surface area (Å²) in [5, 5.41) is 9.71. The van der Waals surface area contributed by atoms with E-state index in [0.717, 1.165) is 0 Å². The van der Waals surface area contributed by atoms with Gasteiger partial charge in [-0.15, -0.1) is 0 Å². The Bertz CT molecular complexity index is 508. The van der Waals surface area contributed by atoms with E-state index in [4.69, 9.17) is 5.73 Å². The second-order valence-electron chi connectivity index (χ2n) is 3.86. The number of sulfone groups is 1. The summed E-state index contributed by atoms with van der Waals surface area (Å²) >= 11 is 0. The smallest absolute Gasteiger partial charge is 0.269 e. The van der Waals surface area contributed by atoms with E-state index in [1.165, 1.54) is 31.2 Å². The summed E-state index contributed by atoms with van der Waals surface area (Å²) in [5.41, 5.74) is 5.41. The maximum atomic E-state index is 12.0. The summed E-state index contributed by atoms with van der Waals surface area (Å²) in [7, 11) is -3.53. The van der Waals surface area contributed by atoms with Crippen LogP contribution in [0.15, 0.2) is 29.2 Å². The van der Waals surface area contributed by atoms with Crippen molar-refractivity contribution in [1.82, 2.24) is 0 Å². The van der Waals surface area contributed by atoms with Gasteiger partial charge < -0.3 is 5.73 Å². The lowest BCUT2D eigenvalue weighted by Crippen LogP contribution is -2.35. The Morgan fingerprint density at radius 2 is 1.71 bits per heavy atom. The number of hydrogen-bond acceptors (Lipinski definition) is 5. The van der Waals surface area contributed by atoms with Crippen molar-refractivity contribution in [2.24, 2.45) is 5.73 Å². The van der Waals surface area contributed by atoms with Gasteiger partial charge in [-0.05, 0) is 26.0 Å². The average Bonchev–Trinajstić information content (AvgIpc) is 2.27. The molecular weight excluding hydrogens is 244 g/mol. The SMILES string of the molecule is CC(N)C(C)S(=O)(=O)c1ccc([N+](=O)[O-])cc1. The molecule has 2 atom stereocenters. The van der Waals surface area contributed by atoms with E-state index in [2.05, 4.69) is 0 Å². The summed E-state index contributed by atoms with van der Waals surface area (Å²) in [6, 6.07) is 4.29. The van der Waals surface area contributed by atoms with Gasteiger partial charge in [0.25, 0.3) is 5.69 Å². The number of benzene rings is 1. The zero-order valence-electron chi connectivity index (χ0n) is 9.53. The molecule has 0 radical (unpaired) electrons. The molecular formula is C10H14N2O4S. The van der Waals surface area contributed by atoms with Gasteiger partial charge in [-0.1, -0.05) is 0 Å². The molecule has 0 fully saturated rings. The molecule has 0 bridgehead atoms. The van der Waals surface area contributed by atoms with Gasteiger partial charge in [0, 0.05) is 18.2 Å². The highest BCUT2D eigenvalue weighted by molar-refractivity contribution is 7.92. The lowest BCUT2D eigenvalue weighted by molar-refractivity contribution is -0.384. The highest BCUT2D eigenvalue weighted by Crippen LogP contribution is 2.20. The fraction of sp³-hybridized carbons (Fsp3) is 0.400. The largest absolute Gasteiger partial charge is 0.327 e. The van der Waals surface area contributed by atoms with Gasteiger partial charge in [-0.3, -0.25) is 10.1 Å². The number of nitro benzene ring substituents is 1. The average molecular weight is 258 g/mol. The van der Waals surface area contributed by atoms with E-state index in [9.17, 15) is 18.5 Å². The Hall–Kier alpha value is -1.47. The van der Waals surface area contributed by atoms with E-state index in [1.54, 1.807) is 6.92 Å². The molecule has 94 valence electrons. The van der Waals surface area contributed by atoms with Crippen LogP contribution < -0.4 is 5.73 Å². The van der Waals surface area contributed by atoms with Gasteiger partial charge in [0.05, 0.1) is 15.1 Å². The predicted molar refractivity (Wildman–Crippen MR) is 63.4 cm³/mol. The van der Waals surface area contributed by atoms with E-state index < -0.39 is 26.1 Å². The third kappa shape index (κ3) is 2.80. The Morgan fingerprint density at radius 3 is 2.06 bits per heavy atom. The van der Waals surface area contributed by atoms with Crippen LogP contribution >= 0.6 is 0 Å². The number of nitro groups is 1. The molecule has 0 spiro atoms. The molecule has 1 rings (SSSR count). The van der Waals surface area contributed by atoms with Gasteiger partial charge in [0.15, 0.2) is 9.84 Å². The van der Waals surface area contributed by atoms with Crippen LogP contribution in [0.3, 0.4) is 0 Å². The van der Waals surface area contributed by atoms with Gasteiger partial charge in [0.2, 0.25) is 0 Å². The van der Waals surface area contributed by atoms with Crippen LogP contribution in [0.5, 0.6) is 0 Å². The lowest BCUT2D eigenvalue weighted by atomic mass is 10.3. The fourth-order valence-electron chi connectivity index (χ4n) is 1.25. The highest BCUT2D eigenvalue weighted by atomic mass is 32.2. The molecule has 17 heavy (non-hydrogen) atoms. The molecule has 0 aliphatic carbocycles. The Kier molecular flexibility index (Phi) is 3.84. The van der Waals surface area contributed by atoms with Gasteiger partial charge in [0.1, 0.15) is 0 Å². The van der Waals surface area contributed by atoms with Gasteiger partial charge >= 0.3 is 0 Å². The molecule has 2 N–H and O–H groups in total. The van der Waals surface area contributed by atoms with Crippen molar-refractivity contribution in [3.63, 3.8) is 0 Å². The van der Waals surface area contributed by atoms with Crippen LogP contribution in [-0.2, 0) is 9.84 Å². The molecule has 0 amide bonds. The topological polar surface area (TPSA) is 103 Å². The van der Waals surface area contributed by atoms with Crippen LogP contribution in [0.1, 0.15) is 13.8 Å². The molecule has 0 aromatic heterocycles. The maximum Gasteiger partial charge on any atom is 0.269 e. The molecule has 6 nitrogen and oxygen atoms in total. The Balaban J connectivity index is 3.13. The number of rotatable bonds is 4. The number of non-ortho nitro benzene ring substituents is 1. The van der Waals surface area contributed by atoms with Gasteiger partial charge in [-0.25, -0.2) is 8.42 Å². The molecule has 0 aliphatic rings. The zero-order valence-corrected chi connectivity index (χ0v) is 10.3. The Morgan fingerprint density at radius 1 is 1.24 bits per heavy atom. The van der Waals surface area contributed by atoms with Crippen LogP contribution in [0.4, 0.5) is 5.69 Å². The van der Waals surface area contributed by atoms with Crippen molar-refractivity contribution in [3.05, 3.63) is 34.4 Å². The van der Waals surface area contributed by atoms with Crippen molar-refractivity contribution < 1.29 is 13.3 Å². The van der Waals surface area contributed by atoms with Crippen LogP contribution in [0.25, 0.3) is 0 Å². The predicted octanol–water partition coefficient (Wildman–Crippen LogP) is 1.10. The third-order valence-corrected chi connectivity index (χ3v) is 4.94. The summed E-state index contributed by atoms with van der Waals surface area (Å²) in [6.45, 7) is 3.12. The molecule has 7 heteroatoms. The molecule has 0 saturated carbocycles. The monoisotopic (exact) mass is 258 g/mol. The normalized spacial score (nSPS) is 15.2. The molecule has 0 aliphatic heterocycles. The minimum absolute atomic E-state index is 0.0490. The summed E-state index contributed by atoms with van der Waals surface area (Å²) in [5.74, 6) is 0. The van der Waals surface area contributed by atoms with Crippen LogP contribution in [0.2, 0.25) is 0 Å². The number of nitrogens with two attached hydrogens (primary N) is 1. The van der Waals surface area contributed by atoms with E-state index in [-0.39, 0.29) is 10.6 Å². The second kappa shape index (κ2) is 4.80. The van der Waals surface area contributed by atoms with Crippen molar-refractivity contribution in [2.75, 3.05) is 0 Å². The summed E-state index contributed by atoms with van der Waals surface area (Å²) < 4.78 is 24.0. The van der Waals surface area contributed by atoms with Crippen molar-refractivity contribution in [3.8, 4) is 0 Å². The standard InChI is InChI=1S/C10H14N2O4S/c1-7(11)8(2)17(15,16)10-5-3-9(4-6-10)12(13)14/h3-8H,11H2,1-2H3. The second-order valence-corrected chi connectivity index (χ2v) is 6.17. The minimum Gasteiger partial charge on any atom is -0.327 e. The van der Waals surface area contributed by atoms with Crippen LogP contribution in [-0.4, -0.2) is 24.6 Å². The first-order valence-corrected chi connectivity index (χ1v) is 6.55. The van der Waals surface area contributed by atoms with Crippen LogP contribution in [0, 0.1) is 10.1 Å². The molecule has 1 aromatic rings. The minimum atomic E-state index is -3.53. The first kappa shape index (κ1) is 13.6. The van der Waals surface area contributed by atoms with Crippen molar-refractivity contribution in [2.45, 2.75) is 30.0 Å². The molecule has 2 unspecified atom stereocenters. The maximum absolute atomic E-state index is 12.0. The summed E-state index contributed by atoms with van der Waals surface area (Å²) in [6.07, 6.45) is 0. The number of hydrogen-bond donors (Lipinski definition) is 1. The highest BCUT2D eigenvalue weighted by Gasteiger charge is 2.26. The van der Waals surface area contributed by atoms with E-state index >= 15 is 0 Å². The first-order chi connectivity index (χ1) is 7.76. The van der Waals surface area contributed by atoms with E-state index in [0.29, 0.717) is 0 Å². The Labute approximate surface area is 99.5 Å². The molecule has 0 saturated heterocycles. The molecule has 0 heterocycles. The zero-order chi connectivity index (χ0) is 13.2. The third-order valence-electron chi connectivity index (χ3n) is 2.61. The van der Waals surface area contributed by atoms with E-state index in [1.807, 2.05) is 0 Å². The van der Waals surface area contributed by atoms with Crippen molar-refractivity contribution in [1.29, 1.82) is 0 Å². The quantitative estimate of drug-likeness (QED) is 0.643.